The van der Waals surface area contributed by atoms with E-state index in [0.29, 0.717) is 23.4 Å². The van der Waals surface area contributed by atoms with Gasteiger partial charge in [0.2, 0.25) is 5.95 Å². The Hall–Kier alpha value is -4.10. The first kappa shape index (κ1) is 26.5. The first-order valence-electron chi connectivity index (χ1n) is 12.8. The molecule has 0 spiro atoms. The van der Waals surface area contributed by atoms with Crippen LogP contribution in [0.2, 0.25) is 5.02 Å². The Kier molecular flexibility index (Phi) is 6.72. The third-order valence-corrected chi connectivity index (χ3v) is 7.22. The summed E-state index contributed by atoms with van der Waals surface area (Å²) < 4.78 is 5.58. The second-order valence-electron chi connectivity index (χ2n) is 10.7. The van der Waals surface area contributed by atoms with E-state index < -0.39 is 17.7 Å². The minimum Gasteiger partial charge on any atom is -0.507 e. The molecule has 5 rings (SSSR count). The van der Waals surface area contributed by atoms with Crippen LogP contribution < -0.4 is 9.64 Å². The largest absolute Gasteiger partial charge is 0.507 e. The molecule has 2 heterocycles. The summed E-state index contributed by atoms with van der Waals surface area (Å²) in [4.78, 5) is 36.3. The second kappa shape index (κ2) is 9.89. The highest BCUT2D eigenvalue weighted by Crippen LogP contribution is 2.43. The third-order valence-electron chi connectivity index (χ3n) is 6.89. The van der Waals surface area contributed by atoms with Gasteiger partial charge in [-0.1, -0.05) is 62.7 Å². The SMILES string of the molecule is CCOc1ccc(Cl)c(/C(O)=C2\C(=O)C(=O)N(c3nc4ccc(C)cc4[nH]3)C2c2ccc(C(C)(C)C)cc2)c1. The van der Waals surface area contributed by atoms with Gasteiger partial charge in [-0.3, -0.25) is 14.5 Å². The van der Waals surface area contributed by atoms with Crippen molar-refractivity contribution in [1.82, 2.24) is 9.97 Å². The summed E-state index contributed by atoms with van der Waals surface area (Å²) >= 11 is 6.46. The van der Waals surface area contributed by atoms with E-state index in [9.17, 15) is 14.7 Å². The number of aliphatic hydroxyl groups is 1. The van der Waals surface area contributed by atoms with Gasteiger partial charge in [-0.2, -0.15) is 0 Å². The number of fused-ring (bicyclic) bond motifs is 1. The molecule has 1 atom stereocenters. The van der Waals surface area contributed by atoms with Crippen molar-refractivity contribution in [3.05, 3.63) is 93.5 Å². The molecular weight excluding hydrogens is 514 g/mol. The number of H-pyrrole nitrogens is 1. The zero-order valence-electron chi connectivity index (χ0n) is 22.5. The number of carbonyl (C=O) groups excluding carboxylic acids is 2. The fraction of sp³-hybridized carbons (Fsp3) is 0.258. The van der Waals surface area contributed by atoms with Gasteiger partial charge in [0.15, 0.2) is 0 Å². The number of nitrogens with zero attached hydrogens (tertiary/aromatic N) is 2. The molecular formula is C31H30ClN3O4. The molecule has 4 aromatic rings. The maximum absolute atomic E-state index is 13.6. The number of halogens is 1. The van der Waals surface area contributed by atoms with E-state index in [1.807, 2.05) is 56.3 Å². The molecule has 0 saturated carbocycles. The lowest BCUT2D eigenvalue weighted by Gasteiger charge is -2.25. The van der Waals surface area contributed by atoms with Crippen molar-refractivity contribution >= 4 is 46.0 Å². The monoisotopic (exact) mass is 543 g/mol. The van der Waals surface area contributed by atoms with Crippen LogP contribution in [0.3, 0.4) is 0 Å². The van der Waals surface area contributed by atoms with Crippen LogP contribution in [0, 0.1) is 6.92 Å². The van der Waals surface area contributed by atoms with Crippen molar-refractivity contribution in [2.45, 2.75) is 46.1 Å². The number of benzene rings is 3. The Balaban J connectivity index is 1.73. The Labute approximate surface area is 232 Å². The van der Waals surface area contributed by atoms with E-state index in [-0.39, 0.29) is 33.3 Å². The van der Waals surface area contributed by atoms with Crippen LogP contribution in [0.25, 0.3) is 16.8 Å². The minimum absolute atomic E-state index is 0.0734. The van der Waals surface area contributed by atoms with Gasteiger partial charge in [0.1, 0.15) is 11.5 Å². The molecule has 1 amide bonds. The summed E-state index contributed by atoms with van der Waals surface area (Å²) in [7, 11) is 0. The van der Waals surface area contributed by atoms with Crippen molar-refractivity contribution in [3.8, 4) is 5.75 Å². The number of aromatic amines is 1. The number of imidazole rings is 1. The van der Waals surface area contributed by atoms with Crippen LogP contribution in [0.15, 0.2) is 66.2 Å². The molecule has 7 nitrogen and oxygen atoms in total. The Morgan fingerprint density at radius 1 is 1.08 bits per heavy atom. The number of rotatable bonds is 5. The second-order valence-corrected chi connectivity index (χ2v) is 11.1. The molecule has 2 N–H and O–H groups in total. The lowest BCUT2D eigenvalue weighted by atomic mass is 9.85. The topological polar surface area (TPSA) is 95.5 Å². The van der Waals surface area contributed by atoms with Crippen LogP contribution in [0.5, 0.6) is 5.75 Å². The smallest absolute Gasteiger partial charge is 0.302 e. The number of Topliss-reactive ketones (excluding diaryl/α,β-unsaturated/α-hetero) is 1. The molecule has 1 saturated heterocycles. The predicted octanol–water partition coefficient (Wildman–Crippen LogP) is 6.85. The lowest BCUT2D eigenvalue weighted by Crippen LogP contribution is -2.30. The summed E-state index contributed by atoms with van der Waals surface area (Å²) in [5.74, 6) is -1.30. The number of hydrogen-bond acceptors (Lipinski definition) is 5. The number of carbonyl (C=O) groups is 2. The number of ketones is 1. The molecule has 0 radical (unpaired) electrons. The molecule has 8 heteroatoms. The number of aromatic nitrogens is 2. The number of nitrogens with one attached hydrogen (secondary N) is 1. The molecule has 1 fully saturated rings. The molecule has 1 aromatic heterocycles. The summed E-state index contributed by atoms with van der Waals surface area (Å²) in [6.07, 6.45) is 0. The van der Waals surface area contributed by atoms with E-state index in [1.54, 1.807) is 18.2 Å². The first-order valence-corrected chi connectivity index (χ1v) is 13.2. The highest BCUT2D eigenvalue weighted by molar-refractivity contribution is 6.51. The molecule has 1 aliphatic rings. The summed E-state index contributed by atoms with van der Waals surface area (Å²) in [5.41, 5.74) is 4.20. The zero-order chi connectivity index (χ0) is 28.1. The summed E-state index contributed by atoms with van der Waals surface area (Å²) in [5, 5.41) is 11.8. The van der Waals surface area contributed by atoms with Crippen LogP contribution in [-0.4, -0.2) is 33.4 Å². The number of ether oxygens (including phenoxy) is 1. The fourth-order valence-corrected chi connectivity index (χ4v) is 5.05. The first-order chi connectivity index (χ1) is 18.5. The molecule has 200 valence electrons. The van der Waals surface area contributed by atoms with Crippen LogP contribution in [-0.2, 0) is 15.0 Å². The maximum Gasteiger partial charge on any atom is 0.302 e. The molecule has 3 aromatic carbocycles. The van der Waals surface area contributed by atoms with E-state index >= 15 is 0 Å². The van der Waals surface area contributed by atoms with Crippen molar-refractivity contribution < 1.29 is 19.4 Å². The maximum atomic E-state index is 13.6. The number of amides is 1. The fourth-order valence-electron chi connectivity index (χ4n) is 4.84. The minimum atomic E-state index is -0.938. The van der Waals surface area contributed by atoms with E-state index in [4.69, 9.17) is 16.3 Å². The molecule has 0 bridgehead atoms. The number of hydrogen-bond donors (Lipinski definition) is 2. The molecule has 0 aliphatic carbocycles. The quantitative estimate of drug-likeness (QED) is 0.163. The highest BCUT2D eigenvalue weighted by atomic mass is 35.5. The number of anilines is 1. The Bertz CT molecular complexity index is 1630. The summed E-state index contributed by atoms with van der Waals surface area (Å²) in [6, 6.07) is 17.3. The average molecular weight is 544 g/mol. The lowest BCUT2D eigenvalue weighted by molar-refractivity contribution is -0.132. The van der Waals surface area contributed by atoms with Gasteiger partial charge in [0, 0.05) is 5.56 Å². The normalized spacial score (nSPS) is 17.3. The molecule has 1 aliphatic heterocycles. The Morgan fingerprint density at radius 2 is 1.79 bits per heavy atom. The van der Waals surface area contributed by atoms with Crippen LogP contribution >= 0.6 is 11.6 Å². The average Bonchev–Trinajstić information content (AvgIpc) is 3.42. The van der Waals surface area contributed by atoms with Crippen molar-refractivity contribution in [2.24, 2.45) is 0 Å². The highest BCUT2D eigenvalue weighted by Gasteiger charge is 2.48. The number of aliphatic hydroxyl groups excluding tert-OH is 1. The van der Waals surface area contributed by atoms with Gasteiger partial charge in [-0.25, -0.2) is 4.98 Å². The zero-order valence-corrected chi connectivity index (χ0v) is 23.3. The van der Waals surface area contributed by atoms with Crippen molar-refractivity contribution in [1.29, 1.82) is 0 Å². The van der Waals surface area contributed by atoms with Gasteiger partial charge < -0.3 is 14.8 Å². The van der Waals surface area contributed by atoms with Gasteiger partial charge in [-0.05, 0) is 66.3 Å². The third kappa shape index (κ3) is 4.79. The van der Waals surface area contributed by atoms with Gasteiger partial charge >= 0.3 is 5.91 Å². The van der Waals surface area contributed by atoms with E-state index in [1.165, 1.54) is 4.90 Å². The summed E-state index contributed by atoms with van der Waals surface area (Å²) in [6.45, 7) is 10.5. The van der Waals surface area contributed by atoms with E-state index in [2.05, 4.69) is 30.7 Å². The van der Waals surface area contributed by atoms with Crippen LogP contribution in [0.4, 0.5) is 5.95 Å². The molecule has 1 unspecified atom stereocenters. The van der Waals surface area contributed by atoms with Gasteiger partial charge in [0.05, 0.1) is 34.3 Å². The van der Waals surface area contributed by atoms with Crippen LogP contribution in [0.1, 0.15) is 56.0 Å². The van der Waals surface area contributed by atoms with Gasteiger partial charge in [-0.15, -0.1) is 0 Å². The predicted molar refractivity (Wildman–Crippen MR) is 153 cm³/mol. The van der Waals surface area contributed by atoms with Crippen molar-refractivity contribution in [2.75, 3.05) is 11.5 Å². The Morgan fingerprint density at radius 3 is 2.46 bits per heavy atom. The number of aryl methyl sites for hydroxylation is 1. The van der Waals surface area contributed by atoms with E-state index in [0.717, 1.165) is 16.6 Å². The standard InChI is InChI=1S/C31H30ClN3O4/c1-6-39-20-12-13-22(32)21(16-20)27(36)25-26(18-8-10-19(11-9-18)31(3,4)5)35(29(38)28(25)37)30-33-23-14-7-17(2)15-24(23)34-30/h7-16,26,36H,6H2,1-5H3,(H,33,34)/b27-25+. The van der Waals surface area contributed by atoms with Gasteiger partial charge in [0.25, 0.3) is 5.78 Å². The van der Waals surface area contributed by atoms with Crippen molar-refractivity contribution in [3.63, 3.8) is 0 Å². The molecule has 39 heavy (non-hydrogen) atoms.